The number of piperazine rings is 1. The van der Waals surface area contributed by atoms with Gasteiger partial charge in [0.05, 0.1) is 16.9 Å². The van der Waals surface area contributed by atoms with Crippen LogP contribution in [-0.2, 0) is 9.53 Å². The van der Waals surface area contributed by atoms with Gasteiger partial charge in [0.2, 0.25) is 0 Å². The summed E-state index contributed by atoms with van der Waals surface area (Å²) in [4.78, 5) is 41.5. The van der Waals surface area contributed by atoms with E-state index in [2.05, 4.69) is 0 Å². The summed E-state index contributed by atoms with van der Waals surface area (Å²) < 4.78 is 4.99. The standard InChI is InChI=1S/C20H21ClN2O4S/c1-13(24)16-7-8-17(28-16)19(25)23-11-9-22(10-12-23)18(20(26)27-2)14-5-3-4-6-15(14)21/h3-8,18H,9-12H2,1-2H3/t18-/m1/s1. The SMILES string of the molecule is COC(=O)[C@@H](c1ccccc1Cl)N1CCN(C(=O)c2ccc(C(C)=O)s2)CC1. The molecule has 0 spiro atoms. The molecule has 8 heteroatoms. The van der Waals surface area contributed by atoms with Crippen molar-refractivity contribution in [3.8, 4) is 0 Å². The number of thiophene rings is 1. The molecule has 0 saturated carbocycles. The minimum Gasteiger partial charge on any atom is -0.468 e. The number of hydrogen-bond acceptors (Lipinski definition) is 6. The fourth-order valence-corrected chi connectivity index (χ4v) is 4.37. The number of Topliss-reactive ketones (excluding diaryl/α,β-unsaturated/α-hetero) is 1. The lowest BCUT2D eigenvalue weighted by atomic mass is 10.0. The van der Waals surface area contributed by atoms with Crippen molar-refractivity contribution in [1.29, 1.82) is 0 Å². The van der Waals surface area contributed by atoms with Gasteiger partial charge in [0.25, 0.3) is 5.91 Å². The Hall–Kier alpha value is -2.22. The minimum absolute atomic E-state index is 0.0467. The molecule has 1 aliphatic heterocycles. The number of halogens is 1. The lowest BCUT2D eigenvalue weighted by Gasteiger charge is -2.38. The normalized spacial score (nSPS) is 15.9. The summed E-state index contributed by atoms with van der Waals surface area (Å²) in [6, 6.07) is 9.97. The average molecular weight is 421 g/mol. The van der Waals surface area contributed by atoms with Gasteiger partial charge >= 0.3 is 5.97 Å². The van der Waals surface area contributed by atoms with Crippen LogP contribution < -0.4 is 0 Å². The van der Waals surface area contributed by atoms with Crippen molar-refractivity contribution < 1.29 is 19.1 Å². The van der Waals surface area contributed by atoms with Crippen LogP contribution >= 0.6 is 22.9 Å². The Kier molecular flexibility index (Phi) is 6.49. The van der Waals surface area contributed by atoms with E-state index >= 15 is 0 Å². The maximum absolute atomic E-state index is 12.7. The van der Waals surface area contributed by atoms with E-state index in [1.807, 2.05) is 23.1 Å². The van der Waals surface area contributed by atoms with E-state index in [9.17, 15) is 14.4 Å². The predicted octanol–water partition coefficient (Wildman–Crippen LogP) is 3.28. The van der Waals surface area contributed by atoms with Crippen molar-refractivity contribution in [3.05, 3.63) is 56.7 Å². The van der Waals surface area contributed by atoms with Crippen LogP contribution in [0.25, 0.3) is 0 Å². The van der Waals surface area contributed by atoms with Crippen molar-refractivity contribution in [2.75, 3.05) is 33.3 Å². The lowest BCUT2D eigenvalue weighted by Crippen LogP contribution is -2.51. The van der Waals surface area contributed by atoms with Crippen molar-refractivity contribution in [1.82, 2.24) is 9.80 Å². The molecule has 3 rings (SSSR count). The first-order valence-electron chi connectivity index (χ1n) is 8.88. The van der Waals surface area contributed by atoms with E-state index in [1.165, 1.54) is 25.4 Å². The molecule has 1 fully saturated rings. The molecule has 1 saturated heterocycles. The van der Waals surface area contributed by atoms with Gasteiger partial charge in [-0.25, -0.2) is 4.79 Å². The van der Waals surface area contributed by atoms with Crippen LogP contribution in [0.3, 0.4) is 0 Å². The van der Waals surface area contributed by atoms with E-state index in [0.29, 0.717) is 46.5 Å². The Balaban J connectivity index is 1.72. The van der Waals surface area contributed by atoms with Crippen molar-refractivity contribution in [2.45, 2.75) is 13.0 Å². The van der Waals surface area contributed by atoms with Crippen molar-refractivity contribution in [2.24, 2.45) is 0 Å². The Bertz CT molecular complexity index is 890. The first-order chi connectivity index (χ1) is 13.4. The third-order valence-corrected chi connectivity index (χ3v) is 6.27. The molecule has 148 valence electrons. The lowest BCUT2D eigenvalue weighted by molar-refractivity contribution is -0.148. The Labute approximate surface area is 172 Å². The summed E-state index contributed by atoms with van der Waals surface area (Å²) in [6.45, 7) is 3.47. The molecule has 1 atom stereocenters. The fourth-order valence-electron chi connectivity index (χ4n) is 3.26. The average Bonchev–Trinajstić information content (AvgIpc) is 3.20. The van der Waals surface area contributed by atoms with Crippen LogP contribution in [0, 0.1) is 0 Å². The van der Waals surface area contributed by atoms with Crippen LogP contribution in [0.5, 0.6) is 0 Å². The topological polar surface area (TPSA) is 66.9 Å². The van der Waals surface area contributed by atoms with E-state index in [-0.39, 0.29) is 17.7 Å². The number of ketones is 1. The van der Waals surface area contributed by atoms with Gasteiger partial charge < -0.3 is 9.64 Å². The number of ether oxygens (including phenoxy) is 1. The van der Waals surface area contributed by atoms with Crippen LogP contribution in [0.1, 0.15) is 37.9 Å². The molecule has 2 heterocycles. The molecule has 0 aliphatic carbocycles. The zero-order valence-electron chi connectivity index (χ0n) is 15.7. The number of carbonyl (C=O) groups excluding carboxylic acids is 3. The summed E-state index contributed by atoms with van der Waals surface area (Å²) in [5.74, 6) is -0.517. The first kappa shape index (κ1) is 20.5. The minimum atomic E-state index is -0.609. The van der Waals surface area contributed by atoms with E-state index in [1.54, 1.807) is 23.1 Å². The molecular formula is C20H21ClN2O4S. The molecule has 1 amide bonds. The third-order valence-electron chi connectivity index (χ3n) is 4.75. The predicted molar refractivity (Wildman–Crippen MR) is 108 cm³/mol. The van der Waals surface area contributed by atoms with E-state index < -0.39 is 6.04 Å². The maximum Gasteiger partial charge on any atom is 0.327 e. The molecular weight excluding hydrogens is 400 g/mol. The molecule has 6 nitrogen and oxygen atoms in total. The van der Waals surface area contributed by atoms with Crippen molar-refractivity contribution in [3.63, 3.8) is 0 Å². The molecule has 2 aromatic rings. The fraction of sp³-hybridized carbons (Fsp3) is 0.350. The molecule has 0 radical (unpaired) electrons. The number of benzene rings is 1. The highest BCUT2D eigenvalue weighted by Crippen LogP contribution is 2.30. The molecule has 0 N–H and O–H groups in total. The Morgan fingerprint density at radius 2 is 1.68 bits per heavy atom. The van der Waals surface area contributed by atoms with Gasteiger partial charge in [-0.3, -0.25) is 14.5 Å². The number of esters is 1. The Morgan fingerprint density at radius 3 is 2.25 bits per heavy atom. The van der Waals surface area contributed by atoms with Gasteiger partial charge in [-0.05, 0) is 30.7 Å². The van der Waals surface area contributed by atoms with Crippen LogP contribution in [0.2, 0.25) is 5.02 Å². The van der Waals surface area contributed by atoms with Gasteiger partial charge in [0.1, 0.15) is 6.04 Å². The second-order valence-electron chi connectivity index (χ2n) is 6.50. The highest BCUT2D eigenvalue weighted by molar-refractivity contribution is 7.15. The quantitative estimate of drug-likeness (QED) is 0.548. The second kappa shape index (κ2) is 8.86. The summed E-state index contributed by atoms with van der Waals surface area (Å²) in [5.41, 5.74) is 0.695. The number of rotatable bonds is 5. The highest BCUT2D eigenvalue weighted by Gasteiger charge is 2.34. The molecule has 0 unspecified atom stereocenters. The maximum atomic E-state index is 12.7. The summed E-state index contributed by atoms with van der Waals surface area (Å²) in [5, 5.41) is 0.506. The first-order valence-corrected chi connectivity index (χ1v) is 10.1. The molecule has 1 aromatic carbocycles. The zero-order chi connectivity index (χ0) is 20.3. The van der Waals surface area contributed by atoms with Gasteiger partial charge in [0.15, 0.2) is 5.78 Å². The summed E-state index contributed by atoms with van der Waals surface area (Å²) >= 11 is 7.51. The third kappa shape index (κ3) is 4.27. The number of hydrogen-bond donors (Lipinski definition) is 0. The number of nitrogens with zero attached hydrogens (tertiary/aromatic N) is 2. The van der Waals surface area contributed by atoms with Crippen molar-refractivity contribution >= 4 is 40.6 Å². The van der Waals surface area contributed by atoms with Crippen LogP contribution in [0.15, 0.2) is 36.4 Å². The van der Waals surface area contributed by atoms with E-state index in [4.69, 9.17) is 16.3 Å². The largest absolute Gasteiger partial charge is 0.468 e. The molecule has 1 aromatic heterocycles. The number of carbonyl (C=O) groups is 3. The van der Waals surface area contributed by atoms with Gasteiger partial charge in [-0.1, -0.05) is 29.8 Å². The smallest absolute Gasteiger partial charge is 0.327 e. The molecule has 1 aliphatic rings. The second-order valence-corrected chi connectivity index (χ2v) is 7.99. The van der Waals surface area contributed by atoms with E-state index in [0.717, 1.165) is 0 Å². The number of amides is 1. The molecule has 28 heavy (non-hydrogen) atoms. The van der Waals surface area contributed by atoms with Gasteiger partial charge in [0, 0.05) is 31.2 Å². The van der Waals surface area contributed by atoms with Crippen LogP contribution in [-0.4, -0.2) is 60.7 Å². The van der Waals surface area contributed by atoms with Crippen LogP contribution in [0.4, 0.5) is 0 Å². The Morgan fingerprint density at radius 1 is 1.04 bits per heavy atom. The van der Waals surface area contributed by atoms with Gasteiger partial charge in [-0.2, -0.15) is 0 Å². The monoisotopic (exact) mass is 420 g/mol. The molecule has 0 bridgehead atoms. The summed E-state index contributed by atoms with van der Waals surface area (Å²) in [7, 11) is 1.36. The zero-order valence-corrected chi connectivity index (χ0v) is 17.3. The number of methoxy groups -OCH3 is 1. The highest BCUT2D eigenvalue weighted by atomic mass is 35.5. The summed E-state index contributed by atoms with van der Waals surface area (Å²) in [6.07, 6.45) is 0. The van der Waals surface area contributed by atoms with Gasteiger partial charge in [-0.15, -0.1) is 11.3 Å².